The number of pyridine rings is 1. The maximum atomic E-state index is 13.0. The monoisotopic (exact) mass is 464 g/mol. The highest BCUT2D eigenvalue weighted by atomic mass is 79.9. The molecule has 0 radical (unpaired) electrons. The Bertz CT molecular complexity index is 979. The first-order chi connectivity index (χ1) is 13.8. The van der Waals surface area contributed by atoms with Crippen LogP contribution in [0.3, 0.4) is 0 Å². The van der Waals surface area contributed by atoms with Gasteiger partial charge in [-0.1, -0.05) is 42.5 Å². The lowest BCUT2D eigenvalue weighted by atomic mass is 9.99. The number of halogens is 4. The van der Waals surface area contributed by atoms with E-state index in [0.29, 0.717) is 15.7 Å². The summed E-state index contributed by atoms with van der Waals surface area (Å²) >= 11 is 3.38. The molecule has 29 heavy (non-hydrogen) atoms. The molecule has 0 aliphatic heterocycles. The Hall–Kier alpha value is -2.87. The third-order valence-electron chi connectivity index (χ3n) is 4.35. The van der Waals surface area contributed by atoms with E-state index >= 15 is 0 Å². The van der Waals surface area contributed by atoms with Gasteiger partial charge in [-0.25, -0.2) is 4.79 Å². The van der Waals surface area contributed by atoms with Gasteiger partial charge in [0.05, 0.1) is 17.8 Å². The molecule has 0 aliphatic carbocycles. The predicted octanol–water partition coefficient (Wildman–Crippen LogP) is 6.13. The van der Waals surface area contributed by atoms with Crippen molar-refractivity contribution in [3.8, 4) is 0 Å². The van der Waals surface area contributed by atoms with Crippen LogP contribution >= 0.6 is 15.9 Å². The van der Waals surface area contributed by atoms with Crippen LogP contribution in [-0.4, -0.2) is 21.1 Å². The average molecular weight is 465 g/mol. The second kappa shape index (κ2) is 8.65. The number of amides is 1. The Kier molecular flexibility index (Phi) is 6.22. The largest absolute Gasteiger partial charge is 0.465 e. The molecule has 1 aromatic heterocycles. The van der Waals surface area contributed by atoms with Crippen molar-refractivity contribution in [3.05, 3.63) is 99.8 Å². The van der Waals surface area contributed by atoms with Crippen LogP contribution in [0.4, 0.5) is 18.0 Å². The summed E-state index contributed by atoms with van der Waals surface area (Å²) in [6.07, 6.45) is -4.17. The van der Waals surface area contributed by atoms with Gasteiger partial charge in [0.2, 0.25) is 0 Å². The third-order valence-corrected chi connectivity index (χ3v) is 5.02. The van der Waals surface area contributed by atoms with E-state index in [1.807, 2.05) is 6.07 Å². The first-order valence-corrected chi connectivity index (χ1v) is 9.37. The zero-order chi connectivity index (χ0) is 21.0. The van der Waals surface area contributed by atoms with Gasteiger partial charge in [0.15, 0.2) is 0 Å². The zero-order valence-corrected chi connectivity index (χ0v) is 16.6. The summed E-state index contributed by atoms with van der Waals surface area (Å²) < 4.78 is 39.4. The van der Waals surface area contributed by atoms with E-state index in [4.69, 9.17) is 0 Å². The van der Waals surface area contributed by atoms with Crippen LogP contribution < -0.4 is 0 Å². The summed E-state index contributed by atoms with van der Waals surface area (Å²) in [7, 11) is 0. The van der Waals surface area contributed by atoms with Gasteiger partial charge < -0.3 is 5.11 Å². The minimum atomic E-state index is -4.48. The minimum Gasteiger partial charge on any atom is -0.465 e. The van der Waals surface area contributed by atoms with E-state index in [0.717, 1.165) is 22.6 Å². The minimum absolute atomic E-state index is 0.0465. The summed E-state index contributed by atoms with van der Waals surface area (Å²) in [5, 5.41) is 9.91. The zero-order valence-electron chi connectivity index (χ0n) is 15.0. The molecule has 0 spiro atoms. The Morgan fingerprint density at radius 1 is 1.03 bits per heavy atom. The molecular weight excluding hydrogens is 449 g/mol. The Labute approximate surface area is 173 Å². The molecule has 1 N–H and O–H groups in total. The fourth-order valence-corrected chi connectivity index (χ4v) is 3.46. The predicted molar refractivity (Wildman–Crippen MR) is 105 cm³/mol. The first kappa shape index (κ1) is 20.9. The van der Waals surface area contributed by atoms with Crippen LogP contribution in [0.15, 0.2) is 77.4 Å². The second-order valence-corrected chi connectivity index (χ2v) is 7.14. The molecule has 1 amide bonds. The lowest BCUT2D eigenvalue weighted by Crippen LogP contribution is -2.34. The topological polar surface area (TPSA) is 53.4 Å². The number of carboxylic acid groups (broad SMARTS) is 1. The van der Waals surface area contributed by atoms with Gasteiger partial charge in [0.25, 0.3) is 0 Å². The van der Waals surface area contributed by atoms with Gasteiger partial charge in [0, 0.05) is 10.7 Å². The summed E-state index contributed by atoms with van der Waals surface area (Å²) in [5.74, 6) is 0. The fourth-order valence-electron chi connectivity index (χ4n) is 2.99. The Morgan fingerprint density at radius 2 is 1.69 bits per heavy atom. The molecule has 1 heterocycles. The lowest BCUT2D eigenvalue weighted by molar-refractivity contribution is -0.137. The maximum Gasteiger partial charge on any atom is 0.416 e. The highest BCUT2D eigenvalue weighted by Gasteiger charge is 2.33. The molecule has 0 saturated heterocycles. The molecule has 8 heteroatoms. The van der Waals surface area contributed by atoms with Gasteiger partial charge in [-0.2, -0.15) is 13.2 Å². The molecule has 4 nitrogen and oxygen atoms in total. The molecule has 0 unspecified atom stereocenters. The molecular formula is C21H16BrF3N2O2. The number of benzene rings is 2. The SMILES string of the molecule is O=C(O)N(Cc1ccccc1)[C@@H](c1ccc(C(F)(F)F)cc1)c1ncccc1Br. The normalized spacial score (nSPS) is 12.4. The van der Waals surface area contributed by atoms with Crippen LogP contribution in [0, 0.1) is 0 Å². The Morgan fingerprint density at radius 3 is 2.24 bits per heavy atom. The lowest BCUT2D eigenvalue weighted by Gasteiger charge is -2.30. The highest BCUT2D eigenvalue weighted by Crippen LogP contribution is 2.35. The number of nitrogens with zero attached hydrogens (tertiary/aromatic N) is 2. The van der Waals surface area contributed by atoms with Gasteiger partial charge in [-0.3, -0.25) is 9.88 Å². The summed E-state index contributed by atoms with van der Waals surface area (Å²) in [4.78, 5) is 17.6. The molecule has 2 aromatic carbocycles. The first-order valence-electron chi connectivity index (χ1n) is 8.58. The van der Waals surface area contributed by atoms with Crippen molar-refractivity contribution in [1.82, 2.24) is 9.88 Å². The van der Waals surface area contributed by atoms with E-state index in [1.54, 1.807) is 36.4 Å². The van der Waals surface area contributed by atoms with Crippen molar-refractivity contribution in [2.24, 2.45) is 0 Å². The molecule has 0 aliphatic rings. The highest BCUT2D eigenvalue weighted by molar-refractivity contribution is 9.10. The number of alkyl halides is 3. The molecule has 150 valence electrons. The van der Waals surface area contributed by atoms with Crippen LogP contribution in [0.1, 0.15) is 28.4 Å². The summed E-state index contributed by atoms with van der Waals surface area (Å²) in [5.41, 5.74) is 0.727. The number of carbonyl (C=O) groups is 1. The van der Waals surface area contributed by atoms with Crippen molar-refractivity contribution in [3.63, 3.8) is 0 Å². The van der Waals surface area contributed by atoms with Gasteiger partial charge in [0.1, 0.15) is 6.04 Å². The fraction of sp³-hybridized carbons (Fsp3) is 0.143. The molecule has 0 fully saturated rings. The third kappa shape index (κ3) is 4.95. The van der Waals surface area contributed by atoms with E-state index in [9.17, 15) is 23.1 Å². The number of hydrogen-bond donors (Lipinski definition) is 1. The average Bonchev–Trinajstić information content (AvgIpc) is 2.69. The molecule has 1 atom stereocenters. The van der Waals surface area contributed by atoms with E-state index < -0.39 is 23.9 Å². The van der Waals surface area contributed by atoms with Crippen LogP contribution in [0.25, 0.3) is 0 Å². The molecule has 0 bridgehead atoms. The number of hydrogen-bond acceptors (Lipinski definition) is 2. The van der Waals surface area contributed by atoms with Gasteiger partial charge >= 0.3 is 12.3 Å². The quantitative estimate of drug-likeness (QED) is 0.493. The summed E-state index contributed by atoms with van der Waals surface area (Å²) in [6, 6.07) is 15.9. The summed E-state index contributed by atoms with van der Waals surface area (Å²) in [6.45, 7) is 0.0465. The molecule has 3 aromatic rings. The van der Waals surface area contributed by atoms with Crippen molar-refractivity contribution in [2.75, 3.05) is 0 Å². The van der Waals surface area contributed by atoms with Crippen LogP contribution in [0.2, 0.25) is 0 Å². The smallest absolute Gasteiger partial charge is 0.416 e. The molecule has 3 rings (SSSR count). The van der Waals surface area contributed by atoms with Crippen LogP contribution in [0.5, 0.6) is 0 Å². The Balaban J connectivity index is 2.09. The second-order valence-electron chi connectivity index (χ2n) is 6.29. The van der Waals surface area contributed by atoms with E-state index in [-0.39, 0.29) is 6.54 Å². The molecule has 0 saturated carbocycles. The van der Waals surface area contributed by atoms with E-state index in [2.05, 4.69) is 20.9 Å². The van der Waals surface area contributed by atoms with Crippen molar-refractivity contribution in [2.45, 2.75) is 18.8 Å². The standard InChI is InChI=1S/C21H16BrF3N2O2/c22-17-7-4-12-26-18(17)19(15-8-10-16(11-9-15)21(23,24)25)27(20(28)29)13-14-5-2-1-3-6-14/h1-12,19H,13H2,(H,28,29)/t19-/m0/s1. The maximum absolute atomic E-state index is 13.0. The van der Waals surface area contributed by atoms with Crippen molar-refractivity contribution < 1.29 is 23.1 Å². The van der Waals surface area contributed by atoms with E-state index in [1.165, 1.54) is 18.3 Å². The van der Waals surface area contributed by atoms with Crippen LogP contribution in [-0.2, 0) is 12.7 Å². The van der Waals surface area contributed by atoms with Gasteiger partial charge in [-0.05, 0) is 51.3 Å². The van der Waals surface area contributed by atoms with Crippen molar-refractivity contribution in [1.29, 1.82) is 0 Å². The number of rotatable bonds is 5. The van der Waals surface area contributed by atoms with Gasteiger partial charge in [-0.15, -0.1) is 0 Å². The van der Waals surface area contributed by atoms with Crippen molar-refractivity contribution >= 4 is 22.0 Å². The number of aromatic nitrogens is 1.